The van der Waals surface area contributed by atoms with Gasteiger partial charge in [0.25, 0.3) is 5.91 Å². The monoisotopic (exact) mass is 339 g/mol. The van der Waals surface area contributed by atoms with Crippen molar-refractivity contribution >= 4 is 28.4 Å². The summed E-state index contributed by atoms with van der Waals surface area (Å²) >= 11 is 0. The number of fused-ring (bicyclic) bond motifs is 1. The molecule has 0 aliphatic heterocycles. The molecule has 0 atom stereocenters. The maximum atomic E-state index is 13.7. The van der Waals surface area contributed by atoms with Crippen LogP contribution in [-0.4, -0.2) is 23.3 Å². The number of anilines is 1. The average Bonchev–Trinajstić information content (AvgIpc) is 3.02. The van der Waals surface area contributed by atoms with Crippen molar-refractivity contribution in [1.29, 1.82) is 0 Å². The molecule has 0 saturated carbocycles. The van der Waals surface area contributed by atoms with E-state index in [0.717, 1.165) is 16.8 Å². The van der Waals surface area contributed by atoms with Gasteiger partial charge < -0.3 is 15.6 Å². The zero-order chi connectivity index (χ0) is 18.0. The van der Waals surface area contributed by atoms with Gasteiger partial charge in [-0.1, -0.05) is 24.3 Å². The number of carbonyl (C=O) groups excluding carboxylic acids is 2. The highest BCUT2D eigenvalue weighted by Crippen LogP contribution is 2.20. The number of H-pyrrole nitrogens is 1. The molecule has 0 fully saturated rings. The molecule has 1 aromatic heterocycles. The van der Waals surface area contributed by atoms with Gasteiger partial charge in [-0.15, -0.1) is 0 Å². The van der Waals surface area contributed by atoms with Crippen molar-refractivity contribution in [2.24, 2.45) is 0 Å². The quantitative estimate of drug-likeness (QED) is 0.682. The van der Waals surface area contributed by atoms with Crippen molar-refractivity contribution in [2.45, 2.75) is 13.8 Å². The molecule has 0 spiro atoms. The van der Waals surface area contributed by atoms with Crippen molar-refractivity contribution in [3.8, 4) is 0 Å². The highest BCUT2D eigenvalue weighted by atomic mass is 19.1. The minimum atomic E-state index is -0.466. The summed E-state index contributed by atoms with van der Waals surface area (Å²) in [5.74, 6) is -1.19. The lowest BCUT2D eigenvalue weighted by atomic mass is 10.1. The Kier molecular flexibility index (Phi) is 4.52. The van der Waals surface area contributed by atoms with Crippen molar-refractivity contribution in [3.05, 3.63) is 65.1 Å². The summed E-state index contributed by atoms with van der Waals surface area (Å²) in [6.07, 6.45) is 0. The molecule has 3 rings (SSSR count). The van der Waals surface area contributed by atoms with E-state index in [1.54, 1.807) is 12.1 Å². The van der Waals surface area contributed by atoms with E-state index in [-0.39, 0.29) is 18.1 Å². The molecule has 2 aromatic carbocycles. The van der Waals surface area contributed by atoms with Gasteiger partial charge in [0, 0.05) is 16.6 Å². The number of halogens is 1. The smallest absolute Gasteiger partial charge is 0.268 e. The number of aromatic nitrogens is 1. The van der Waals surface area contributed by atoms with E-state index in [1.165, 1.54) is 12.1 Å². The van der Waals surface area contributed by atoms with Gasteiger partial charge in [0.15, 0.2) is 0 Å². The van der Waals surface area contributed by atoms with Gasteiger partial charge in [0.2, 0.25) is 5.91 Å². The molecule has 0 aliphatic rings. The maximum Gasteiger partial charge on any atom is 0.268 e. The van der Waals surface area contributed by atoms with Crippen LogP contribution in [0.15, 0.2) is 42.5 Å². The number of carbonyl (C=O) groups is 2. The van der Waals surface area contributed by atoms with Crippen LogP contribution in [-0.2, 0) is 4.79 Å². The Balaban J connectivity index is 1.65. The van der Waals surface area contributed by atoms with Gasteiger partial charge in [-0.25, -0.2) is 4.39 Å². The fourth-order valence-corrected chi connectivity index (χ4v) is 2.69. The molecule has 3 aromatic rings. The van der Waals surface area contributed by atoms with Gasteiger partial charge in [-0.3, -0.25) is 9.59 Å². The van der Waals surface area contributed by atoms with Crippen LogP contribution >= 0.6 is 0 Å². The molecule has 0 saturated heterocycles. The van der Waals surface area contributed by atoms with Crippen LogP contribution in [0.5, 0.6) is 0 Å². The number of hydrogen-bond acceptors (Lipinski definition) is 2. The number of hydrogen-bond donors (Lipinski definition) is 3. The molecule has 6 heteroatoms. The highest BCUT2D eigenvalue weighted by molar-refractivity contribution is 6.01. The maximum absolute atomic E-state index is 13.7. The van der Waals surface area contributed by atoms with Crippen LogP contribution in [0, 0.1) is 19.7 Å². The Bertz CT molecular complexity index is 942. The van der Waals surface area contributed by atoms with Crippen LogP contribution in [0.25, 0.3) is 10.9 Å². The second kappa shape index (κ2) is 6.76. The number of nitrogens with one attached hydrogen (secondary N) is 3. The minimum Gasteiger partial charge on any atom is -0.350 e. The summed E-state index contributed by atoms with van der Waals surface area (Å²) in [6, 6.07) is 11.7. The van der Waals surface area contributed by atoms with E-state index in [9.17, 15) is 14.0 Å². The molecule has 0 unspecified atom stereocenters. The number of benzene rings is 2. The lowest BCUT2D eigenvalue weighted by Gasteiger charge is -2.11. The van der Waals surface area contributed by atoms with E-state index in [0.29, 0.717) is 10.9 Å². The molecule has 1 heterocycles. The number of aryl methyl sites for hydroxylation is 2. The molecule has 25 heavy (non-hydrogen) atoms. The molecular weight excluding hydrogens is 321 g/mol. The molecule has 5 nitrogen and oxygen atoms in total. The van der Waals surface area contributed by atoms with Gasteiger partial charge >= 0.3 is 0 Å². The summed E-state index contributed by atoms with van der Waals surface area (Å²) in [7, 11) is 0. The van der Waals surface area contributed by atoms with Crippen LogP contribution in [0.1, 0.15) is 21.6 Å². The van der Waals surface area contributed by atoms with E-state index in [4.69, 9.17) is 0 Å². The van der Waals surface area contributed by atoms with Crippen molar-refractivity contribution in [3.63, 3.8) is 0 Å². The second-order valence-electron chi connectivity index (χ2n) is 5.88. The molecular formula is C19H18FN3O2. The van der Waals surface area contributed by atoms with Crippen molar-refractivity contribution in [2.75, 3.05) is 11.9 Å². The average molecular weight is 339 g/mol. The van der Waals surface area contributed by atoms with Crippen molar-refractivity contribution < 1.29 is 14.0 Å². The SMILES string of the molecule is Cc1cccc(C)c1NC(=O)CNC(=O)c1cc2c(F)cccc2[nH]1. The molecule has 0 bridgehead atoms. The van der Waals surface area contributed by atoms with E-state index in [1.807, 2.05) is 32.0 Å². The summed E-state index contributed by atoms with van der Waals surface area (Å²) < 4.78 is 13.7. The first kappa shape index (κ1) is 16.7. The summed E-state index contributed by atoms with van der Waals surface area (Å²) in [6.45, 7) is 3.63. The standard InChI is InChI=1S/C19H18FN3O2/c1-11-5-3-6-12(2)18(11)23-17(24)10-21-19(25)16-9-13-14(20)7-4-8-15(13)22-16/h3-9,22H,10H2,1-2H3,(H,21,25)(H,23,24). The molecule has 0 aliphatic carbocycles. The lowest BCUT2D eigenvalue weighted by Crippen LogP contribution is -2.33. The third-order valence-corrected chi connectivity index (χ3v) is 4.01. The van der Waals surface area contributed by atoms with Gasteiger partial charge in [-0.05, 0) is 43.2 Å². The predicted molar refractivity (Wildman–Crippen MR) is 95.1 cm³/mol. The van der Waals surface area contributed by atoms with Crippen LogP contribution in [0.2, 0.25) is 0 Å². The highest BCUT2D eigenvalue weighted by Gasteiger charge is 2.13. The first-order valence-electron chi connectivity index (χ1n) is 7.87. The van der Waals surface area contributed by atoms with Gasteiger partial charge in [0.05, 0.1) is 6.54 Å². The fourth-order valence-electron chi connectivity index (χ4n) is 2.69. The van der Waals surface area contributed by atoms with Gasteiger partial charge in [0.1, 0.15) is 11.5 Å². The van der Waals surface area contributed by atoms with E-state index in [2.05, 4.69) is 15.6 Å². The third-order valence-electron chi connectivity index (χ3n) is 4.01. The first-order valence-corrected chi connectivity index (χ1v) is 7.87. The van der Waals surface area contributed by atoms with Crippen LogP contribution < -0.4 is 10.6 Å². The Hall–Kier alpha value is -3.15. The normalized spacial score (nSPS) is 10.7. The Labute approximate surface area is 144 Å². The lowest BCUT2D eigenvalue weighted by molar-refractivity contribution is -0.115. The Morgan fingerprint density at radius 1 is 1.08 bits per heavy atom. The second-order valence-corrected chi connectivity index (χ2v) is 5.88. The summed E-state index contributed by atoms with van der Waals surface area (Å²) in [5.41, 5.74) is 3.39. The van der Waals surface area contributed by atoms with Crippen LogP contribution in [0.4, 0.5) is 10.1 Å². The summed E-state index contributed by atoms with van der Waals surface area (Å²) in [5, 5.41) is 5.67. The third kappa shape index (κ3) is 3.52. The van der Waals surface area contributed by atoms with E-state index >= 15 is 0 Å². The minimum absolute atomic E-state index is 0.176. The molecule has 3 N–H and O–H groups in total. The number of aromatic amines is 1. The number of amides is 2. The molecule has 0 radical (unpaired) electrons. The predicted octanol–water partition coefficient (Wildman–Crippen LogP) is 3.29. The topological polar surface area (TPSA) is 74.0 Å². The summed E-state index contributed by atoms with van der Waals surface area (Å²) in [4.78, 5) is 27.1. The van der Waals surface area contributed by atoms with E-state index < -0.39 is 11.7 Å². The van der Waals surface area contributed by atoms with Gasteiger partial charge in [-0.2, -0.15) is 0 Å². The largest absolute Gasteiger partial charge is 0.350 e. The fraction of sp³-hybridized carbons (Fsp3) is 0.158. The first-order chi connectivity index (χ1) is 12.0. The Morgan fingerprint density at radius 3 is 2.44 bits per heavy atom. The van der Waals surface area contributed by atoms with Crippen LogP contribution in [0.3, 0.4) is 0 Å². The number of para-hydroxylation sites is 1. The molecule has 128 valence electrons. The Morgan fingerprint density at radius 2 is 1.76 bits per heavy atom. The molecule has 2 amide bonds. The zero-order valence-electron chi connectivity index (χ0n) is 13.9. The zero-order valence-corrected chi connectivity index (χ0v) is 13.9. The number of rotatable bonds is 4. The van der Waals surface area contributed by atoms with Crippen molar-refractivity contribution in [1.82, 2.24) is 10.3 Å².